The van der Waals surface area contributed by atoms with E-state index in [0.29, 0.717) is 5.39 Å². The molecule has 0 aliphatic heterocycles. The molecule has 0 spiro atoms. The molecule has 1 N–H and O–H groups in total. The van der Waals surface area contributed by atoms with Gasteiger partial charge >= 0.3 is 21.5 Å². The second-order valence-corrected chi connectivity index (χ2v) is 5.55. The number of benzene rings is 2. The molecule has 114 valence electrons. The van der Waals surface area contributed by atoms with Crippen LogP contribution in [0.4, 0.5) is 17.6 Å². The molecule has 2 rings (SSSR count). The minimum absolute atomic E-state index is 0.0887. The van der Waals surface area contributed by atoms with Crippen molar-refractivity contribution in [3.05, 3.63) is 42.5 Å². The Kier molecular flexibility index (Phi) is 3.58. The SMILES string of the molecule is O=S(=O)(O)C(F)(F)C(F)(F)Oc1cccc2ccccc12. The van der Waals surface area contributed by atoms with Gasteiger partial charge in [-0.25, -0.2) is 0 Å². The molecule has 0 radical (unpaired) electrons. The Labute approximate surface area is 116 Å². The fourth-order valence-corrected chi connectivity index (χ4v) is 1.97. The lowest BCUT2D eigenvalue weighted by Crippen LogP contribution is -2.50. The number of alkyl halides is 4. The van der Waals surface area contributed by atoms with E-state index in [4.69, 9.17) is 4.55 Å². The van der Waals surface area contributed by atoms with Crippen LogP contribution >= 0.6 is 0 Å². The van der Waals surface area contributed by atoms with E-state index in [2.05, 4.69) is 4.74 Å². The molecule has 2 aromatic carbocycles. The van der Waals surface area contributed by atoms with Crippen LogP contribution in [0.1, 0.15) is 0 Å². The molecule has 0 atom stereocenters. The average molecular weight is 324 g/mol. The molecule has 0 bridgehead atoms. The number of hydrogen-bond acceptors (Lipinski definition) is 3. The van der Waals surface area contributed by atoms with Crippen molar-refractivity contribution < 1.29 is 35.3 Å². The zero-order chi connectivity index (χ0) is 15.9. The highest BCUT2D eigenvalue weighted by Crippen LogP contribution is 2.41. The van der Waals surface area contributed by atoms with Crippen molar-refractivity contribution >= 4 is 20.9 Å². The Bertz CT molecular complexity index is 768. The second-order valence-electron chi connectivity index (χ2n) is 4.09. The molecule has 0 saturated heterocycles. The van der Waals surface area contributed by atoms with Gasteiger partial charge in [-0.05, 0) is 11.5 Å². The lowest BCUT2D eigenvalue weighted by atomic mass is 10.1. The van der Waals surface area contributed by atoms with E-state index in [1.165, 1.54) is 30.3 Å². The molecular weight excluding hydrogens is 316 g/mol. The zero-order valence-electron chi connectivity index (χ0n) is 10.1. The molecule has 2 aromatic rings. The van der Waals surface area contributed by atoms with Crippen LogP contribution in [0.15, 0.2) is 42.5 Å². The Morgan fingerprint density at radius 3 is 2.14 bits per heavy atom. The van der Waals surface area contributed by atoms with E-state index in [0.717, 1.165) is 6.07 Å². The van der Waals surface area contributed by atoms with Gasteiger partial charge in [-0.2, -0.15) is 26.0 Å². The fraction of sp³-hybridized carbons (Fsp3) is 0.167. The summed E-state index contributed by atoms with van der Waals surface area (Å²) in [6.07, 6.45) is -5.44. The van der Waals surface area contributed by atoms with Crippen LogP contribution < -0.4 is 4.74 Å². The van der Waals surface area contributed by atoms with Crippen molar-refractivity contribution in [3.63, 3.8) is 0 Å². The van der Waals surface area contributed by atoms with Gasteiger partial charge in [-0.1, -0.05) is 36.4 Å². The third-order valence-corrected chi connectivity index (χ3v) is 3.54. The second kappa shape index (κ2) is 4.85. The average Bonchev–Trinajstić information content (AvgIpc) is 2.37. The largest absolute Gasteiger partial charge is 0.483 e. The van der Waals surface area contributed by atoms with E-state index < -0.39 is 27.2 Å². The molecule has 4 nitrogen and oxygen atoms in total. The Morgan fingerprint density at radius 1 is 0.952 bits per heavy atom. The van der Waals surface area contributed by atoms with Crippen molar-refractivity contribution in [3.8, 4) is 5.75 Å². The number of hydrogen-bond donors (Lipinski definition) is 1. The van der Waals surface area contributed by atoms with E-state index in [9.17, 15) is 26.0 Å². The molecule has 0 aliphatic rings. The van der Waals surface area contributed by atoms with Crippen molar-refractivity contribution in [1.82, 2.24) is 0 Å². The normalized spacial score (nSPS) is 13.4. The standard InChI is InChI=1S/C12H8F4O4S/c13-11(14,12(15,16)21(17,18)19)20-10-7-3-5-8-4-1-2-6-9(8)10/h1-7H,(H,17,18,19). The molecule has 0 fully saturated rings. The van der Waals surface area contributed by atoms with E-state index in [1.807, 2.05) is 0 Å². The maximum Gasteiger partial charge on any atom is 0.483 e. The highest BCUT2D eigenvalue weighted by molar-refractivity contribution is 7.86. The number of halogens is 4. The van der Waals surface area contributed by atoms with Crippen LogP contribution in [0.2, 0.25) is 0 Å². The molecular formula is C12H8F4O4S. The van der Waals surface area contributed by atoms with Crippen LogP contribution in [0, 0.1) is 0 Å². The first-order valence-electron chi connectivity index (χ1n) is 5.46. The van der Waals surface area contributed by atoms with Crippen LogP contribution in [-0.2, 0) is 10.1 Å². The van der Waals surface area contributed by atoms with E-state index in [-0.39, 0.29) is 5.39 Å². The molecule has 0 amide bonds. The summed E-state index contributed by atoms with van der Waals surface area (Å²) in [5, 5.41) is -5.26. The molecule has 0 unspecified atom stereocenters. The molecule has 0 aromatic heterocycles. The maximum atomic E-state index is 13.4. The summed E-state index contributed by atoms with van der Waals surface area (Å²) in [5.74, 6) is -0.638. The third-order valence-electron chi connectivity index (χ3n) is 2.65. The van der Waals surface area contributed by atoms with Crippen LogP contribution in [0.25, 0.3) is 10.8 Å². The van der Waals surface area contributed by atoms with Gasteiger partial charge in [0.25, 0.3) is 0 Å². The fourth-order valence-electron chi connectivity index (χ4n) is 1.63. The highest BCUT2D eigenvalue weighted by Gasteiger charge is 2.69. The summed E-state index contributed by atoms with van der Waals surface area (Å²) in [6, 6.07) is 9.72. The monoisotopic (exact) mass is 324 g/mol. The first-order chi connectivity index (χ1) is 9.56. The van der Waals surface area contributed by atoms with Gasteiger partial charge in [0.1, 0.15) is 5.75 Å². The number of ether oxygens (including phenoxy) is 1. The first kappa shape index (κ1) is 15.5. The predicted molar refractivity (Wildman–Crippen MR) is 66.0 cm³/mol. The Hall–Kier alpha value is -1.87. The summed E-state index contributed by atoms with van der Waals surface area (Å²) >= 11 is 0. The van der Waals surface area contributed by atoms with Gasteiger partial charge < -0.3 is 4.74 Å². The number of fused-ring (bicyclic) bond motifs is 1. The van der Waals surface area contributed by atoms with Gasteiger partial charge in [0.2, 0.25) is 0 Å². The van der Waals surface area contributed by atoms with Crippen LogP contribution in [0.3, 0.4) is 0 Å². The van der Waals surface area contributed by atoms with Gasteiger partial charge in [-0.15, -0.1) is 0 Å². The van der Waals surface area contributed by atoms with Crippen molar-refractivity contribution in [1.29, 1.82) is 0 Å². The van der Waals surface area contributed by atoms with Crippen molar-refractivity contribution in [2.45, 2.75) is 11.4 Å². The lowest BCUT2D eigenvalue weighted by Gasteiger charge is -2.24. The van der Waals surface area contributed by atoms with Crippen molar-refractivity contribution in [2.24, 2.45) is 0 Å². The van der Waals surface area contributed by atoms with Gasteiger partial charge in [0.15, 0.2) is 0 Å². The summed E-state index contributed by atoms with van der Waals surface area (Å²) in [6.45, 7) is 0. The first-order valence-corrected chi connectivity index (χ1v) is 6.90. The van der Waals surface area contributed by atoms with Gasteiger partial charge in [-0.3, -0.25) is 4.55 Å². The minimum atomic E-state index is -6.34. The third kappa shape index (κ3) is 2.66. The van der Waals surface area contributed by atoms with Crippen LogP contribution in [0.5, 0.6) is 5.75 Å². The summed E-state index contributed by atoms with van der Waals surface area (Å²) in [7, 11) is -6.34. The summed E-state index contributed by atoms with van der Waals surface area (Å²) in [4.78, 5) is 0. The van der Waals surface area contributed by atoms with Gasteiger partial charge in [0, 0.05) is 5.39 Å². The zero-order valence-corrected chi connectivity index (χ0v) is 11.0. The molecule has 0 heterocycles. The van der Waals surface area contributed by atoms with Crippen molar-refractivity contribution in [2.75, 3.05) is 0 Å². The smallest absolute Gasteiger partial charge is 0.426 e. The Balaban J connectivity index is 2.49. The minimum Gasteiger partial charge on any atom is -0.426 e. The molecule has 9 heteroatoms. The maximum absolute atomic E-state index is 13.4. The quantitative estimate of drug-likeness (QED) is 0.692. The number of rotatable bonds is 4. The molecule has 0 aliphatic carbocycles. The summed E-state index contributed by atoms with van der Waals surface area (Å²) in [5.41, 5.74) is 0. The van der Waals surface area contributed by atoms with Gasteiger partial charge in [0.05, 0.1) is 0 Å². The molecule has 21 heavy (non-hydrogen) atoms. The van der Waals surface area contributed by atoms with Crippen LogP contribution in [-0.4, -0.2) is 24.3 Å². The van der Waals surface area contributed by atoms with E-state index >= 15 is 0 Å². The van der Waals surface area contributed by atoms with E-state index in [1.54, 1.807) is 6.07 Å². The lowest BCUT2D eigenvalue weighted by molar-refractivity contribution is -0.274. The summed E-state index contributed by atoms with van der Waals surface area (Å²) < 4.78 is 85.9. The molecule has 0 saturated carbocycles. The highest BCUT2D eigenvalue weighted by atomic mass is 32.2. The topological polar surface area (TPSA) is 63.6 Å². The predicted octanol–water partition coefficient (Wildman–Crippen LogP) is 3.29. The Morgan fingerprint density at radius 2 is 1.52 bits per heavy atom.